The van der Waals surface area contributed by atoms with Gasteiger partial charge in [-0.1, -0.05) is 22.9 Å². The van der Waals surface area contributed by atoms with Gasteiger partial charge in [-0.15, -0.1) is 0 Å². The van der Waals surface area contributed by atoms with Gasteiger partial charge in [0.25, 0.3) is 5.91 Å². The first-order chi connectivity index (χ1) is 16.7. The summed E-state index contributed by atoms with van der Waals surface area (Å²) in [7, 11) is 0. The zero-order valence-corrected chi connectivity index (χ0v) is 21.8. The van der Waals surface area contributed by atoms with Crippen molar-refractivity contribution in [2.75, 3.05) is 18.0 Å². The summed E-state index contributed by atoms with van der Waals surface area (Å²) < 4.78 is 17.4. The lowest BCUT2D eigenvalue weighted by atomic mass is 10.0. The van der Waals surface area contributed by atoms with Gasteiger partial charge in [-0.2, -0.15) is 5.10 Å². The van der Waals surface area contributed by atoms with Crippen LogP contribution in [0, 0.1) is 12.8 Å². The Morgan fingerprint density at radius 1 is 1.40 bits per heavy atom. The normalized spacial score (nSPS) is 20.3. The minimum absolute atomic E-state index is 0.0348. The number of halogens is 3. The summed E-state index contributed by atoms with van der Waals surface area (Å²) in [5.74, 6) is -0.674. The first kappa shape index (κ1) is 24.2. The molecule has 0 aromatic carbocycles. The highest BCUT2D eigenvalue weighted by atomic mass is 79.9. The Bertz CT molecular complexity index is 1290. The molecule has 1 amide bonds. The van der Waals surface area contributed by atoms with Crippen LogP contribution < -0.4 is 10.2 Å². The highest BCUT2D eigenvalue weighted by molar-refractivity contribution is 9.10. The lowest BCUT2D eigenvalue weighted by molar-refractivity contribution is 0.0702. The van der Waals surface area contributed by atoms with Gasteiger partial charge >= 0.3 is 5.97 Å². The summed E-state index contributed by atoms with van der Waals surface area (Å²) in [5.41, 5.74) is 1.12. The minimum atomic E-state index is -1.38. The maximum Gasteiger partial charge on any atom is 0.348 e. The van der Waals surface area contributed by atoms with E-state index >= 15 is 4.39 Å². The van der Waals surface area contributed by atoms with Crippen LogP contribution in [0.5, 0.6) is 0 Å². The van der Waals surface area contributed by atoms with Crippen molar-refractivity contribution in [3.63, 3.8) is 0 Å². The number of aryl methyl sites for hydroxylation is 1. The first-order valence-corrected chi connectivity index (χ1v) is 13.1. The molecule has 14 heteroatoms. The van der Waals surface area contributed by atoms with Crippen LogP contribution >= 0.6 is 38.9 Å². The van der Waals surface area contributed by atoms with E-state index in [0.29, 0.717) is 46.6 Å². The molecule has 2 fully saturated rings. The molecule has 0 unspecified atom stereocenters. The van der Waals surface area contributed by atoms with E-state index in [2.05, 4.69) is 41.3 Å². The molecule has 1 aliphatic carbocycles. The first-order valence-electron chi connectivity index (χ1n) is 11.1. The predicted octanol–water partition coefficient (Wildman–Crippen LogP) is 3.91. The van der Waals surface area contributed by atoms with E-state index in [9.17, 15) is 14.7 Å². The van der Waals surface area contributed by atoms with Gasteiger partial charge in [0.15, 0.2) is 11.0 Å². The molecule has 4 heterocycles. The Kier molecular flexibility index (Phi) is 6.57. The maximum atomic E-state index is 15.1. The van der Waals surface area contributed by atoms with E-state index in [0.717, 1.165) is 24.2 Å². The van der Waals surface area contributed by atoms with Crippen molar-refractivity contribution in [1.29, 1.82) is 0 Å². The number of carbonyl (C=O) groups excluding carboxylic acids is 1. The standard InChI is InChI=1S/C21H22BrClFN7O3S/c1-9-13(22)14(23)15(27-9)19(32)28-12-4-5-30(7-11(12)24)21-29-16(17(35-21)20(33)34)18-25-8-26-31(18)6-10-2-3-10/h8,10-12,27H,2-7H2,1H3,(H,28,32)(H,33,34)/t11-,12+/m0/s1. The number of alkyl halides is 1. The fraction of sp³-hybridized carbons (Fsp3) is 0.476. The molecule has 0 bridgehead atoms. The van der Waals surface area contributed by atoms with Crippen LogP contribution in [0.25, 0.3) is 11.5 Å². The van der Waals surface area contributed by atoms with Gasteiger partial charge in [0, 0.05) is 18.8 Å². The predicted molar refractivity (Wildman–Crippen MR) is 132 cm³/mol. The van der Waals surface area contributed by atoms with Crippen molar-refractivity contribution >= 4 is 55.9 Å². The third-order valence-electron chi connectivity index (χ3n) is 6.17. The van der Waals surface area contributed by atoms with Crippen LogP contribution in [0.4, 0.5) is 9.52 Å². The van der Waals surface area contributed by atoms with E-state index in [1.165, 1.54) is 6.33 Å². The molecular formula is C21H22BrClFN7O3S. The zero-order valence-electron chi connectivity index (χ0n) is 18.6. The molecule has 1 saturated heterocycles. The molecule has 2 atom stereocenters. The third-order valence-corrected chi connectivity index (χ3v) is 8.88. The molecule has 1 aliphatic heterocycles. The number of amides is 1. The number of nitrogens with zero attached hydrogens (tertiary/aromatic N) is 5. The molecule has 3 aromatic heterocycles. The van der Waals surface area contributed by atoms with Crippen LogP contribution in [0.3, 0.4) is 0 Å². The molecule has 3 N–H and O–H groups in total. The highest BCUT2D eigenvalue weighted by Gasteiger charge is 2.34. The summed E-state index contributed by atoms with van der Waals surface area (Å²) in [6.45, 7) is 2.80. The summed E-state index contributed by atoms with van der Waals surface area (Å²) in [5, 5.41) is 17.4. The monoisotopic (exact) mass is 585 g/mol. The van der Waals surface area contributed by atoms with Crippen LogP contribution in [0.2, 0.25) is 5.02 Å². The molecule has 0 radical (unpaired) electrons. The van der Waals surface area contributed by atoms with Gasteiger partial charge in [0.05, 0.1) is 22.1 Å². The fourth-order valence-electron chi connectivity index (χ4n) is 4.08. The van der Waals surface area contributed by atoms with E-state index in [-0.39, 0.29) is 27.8 Å². The van der Waals surface area contributed by atoms with E-state index < -0.39 is 24.1 Å². The number of carboxylic acid groups (broad SMARTS) is 1. The minimum Gasteiger partial charge on any atom is -0.477 e. The largest absolute Gasteiger partial charge is 0.477 e. The van der Waals surface area contributed by atoms with Gasteiger partial charge in [-0.25, -0.2) is 23.8 Å². The maximum absolute atomic E-state index is 15.1. The van der Waals surface area contributed by atoms with Crippen molar-refractivity contribution in [2.24, 2.45) is 5.92 Å². The van der Waals surface area contributed by atoms with Crippen molar-refractivity contribution in [3.8, 4) is 11.5 Å². The number of piperidine rings is 1. The van der Waals surface area contributed by atoms with Gasteiger partial charge < -0.3 is 20.3 Å². The summed E-state index contributed by atoms with van der Waals surface area (Å²) in [6, 6.07) is -0.711. The van der Waals surface area contributed by atoms with Crippen LogP contribution in [-0.4, -0.2) is 67.0 Å². The number of aromatic carboxylic acids is 1. The van der Waals surface area contributed by atoms with E-state index in [1.54, 1.807) is 16.5 Å². The number of nitrogens with one attached hydrogen (secondary N) is 2. The lowest BCUT2D eigenvalue weighted by Crippen LogP contribution is -2.52. The number of aromatic amines is 1. The summed E-state index contributed by atoms with van der Waals surface area (Å²) in [6.07, 6.45) is 2.56. The molecule has 3 aromatic rings. The molecule has 2 aliphatic rings. The fourth-order valence-corrected chi connectivity index (χ4v) is 5.58. The average Bonchev–Trinajstić information content (AvgIpc) is 3.23. The smallest absolute Gasteiger partial charge is 0.348 e. The Morgan fingerprint density at radius 3 is 2.80 bits per heavy atom. The average molecular weight is 587 g/mol. The van der Waals surface area contributed by atoms with Crippen molar-refractivity contribution in [1.82, 2.24) is 30.0 Å². The Labute approximate surface area is 217 Å². The van der Waals surface area contributed by atoms with Crippen molar-refractivity contribution < 1.29 is 19.1 Å². The number of hydrogen-bond donors (Lipinski definition) is 3. The number of H-pyrrole nitrogens is 1. The number of hydrogen-bond acceptors (Lipinski definition) is 7. The number of carboxylic acids is 1. The molecule has 35 heavy (non-hydrogen) atoms. The SMILES string of the molecule is Cc1[nH]c(C(=O)N[C@@H]2CCN(c3nc(-c4ncnn4CC4CC4)c(C(=O)O)s3)C[C@@H]2F)c(Cl)c1Br. The van der Waals surface area contributed by atoms with Gasteiger partial charge in [-0.3, -0.25) is 4.79 Å². The second-order valence-corrected chi connectivity index (χ2v) is 10.9. The summed E-state index contributed by atoms with van der Waals surface area (Å²) in [4.78, 5) is 38.0. The lowest BCUT2D eigenvalue weighted by Gasteiger charge is -2.34. The topological polar surface area (TPSA) is 129 Å². The highest BCUT2D eigenvalue weighted by Crippen LogP contribution is 2.36. The van der Waals surface area contributed by atoms with Crippen molar-refractivity contribution in [3.05, 3.63) is 32.1 Å². The van der Waals surface area contributed by atoms with Gasteiger partial charge in [-0.05, 0) is 48.0 Å². The van der Waals surface area contributed by atoms with Crippen molar-refractivity contribution in [2.45, 2.75) is 44.9 Å². The Balaban J connectivity index is 1.31. The zero-order chi connectivity index (χ0) is 24.9. The number of thiazole rings is 1. The number of carbonyl (C=O) groups is 2. The van der Waals surface area contributed by atoms with E-state index in [4.69, 9.17) is 11.6 Å². The summed E-state index contributed by atoms with van der Waals surface area (Å²) >= 11 is 10.5. The Morgan fingerprint density at radius 2 is 2.17 bits per heavy atom. The third kappa shape index (κ3) is 4.81. The number of anilines is 1. The molecule has 186 valence electrons. The van der Waals surface area contributed by atoms with Crippen LogP contribution in [0.1, 0.15) is 45.1 Å². The molecule has 10 nitrogen and oxygen atoms in total. The number of rotatable bonds is 7. The second kappa shape index (κ2) is 9.51. The molecule has 0 spiro atoms. The Hall–Kier alpha value is -2.51. The second-order valence-electron chi connectivity index (χ2n) is 8.77. The number of aromatic nitrogens is 5. The van der Waals surface area contributed by atoms with Crippen LogP contribution in [-0.2, 0) is 6.54 Å². The molecule has 5 rings (SSSR count). The van der Waals surface area contributed by atoms with Gasteiger partial charge in [0.2, 0.25) is 0 Å². The quantitative estimate of drug-likeness (QED) is 0.383. The van der Waals surface area contributed by atoms with E-state index in [1.807, 2.05) is 0 Å². The van der Waals surface area contributed by atoms with Crippen LogP contribution in [0.15, 0.2) is 10.8 Å². The molecule has 1 saturated carbocycles. The van der Waals surface area contributed by atoms with Gasteiger partial charge in [0.1, 0.15) is 28.8 Å². The molecular weight excluding hydrogens is 565 g/mol.